The number of methoxy groups -OCH3 is 1. The number of nitriles is 1. The minimum Gasteiger partial charge on any atom is -0.379 e. The summed E-state index contributed by atoms with van der Waals surface area (Å²) in [5, 5.41) is 15.9. The summed E-state index contributed by atoms with van der Waals surface area (Å²) >= 11 is 0. The van der Waals surface area contributed by atoms with Crippen molar-refractivity contribution in [2.75, 3.05) is 48.9 Å². The monoisotopic (exact) mass is 533 g/mol. The maximum Gasteiger partial charge on any atom is 0.328 e. The van der Waals surface area contributed by atoms with Crippen LogP contribution in [0.3, 0.4) is 0 Å². The van der Waals surface area contributed by atoms with E-state index in [4.69, 9.17) is 9.47 Å². The number of morpholine rings is 1. The number of aromatic nitrogens is 2. The number of ether oxygens (including phenoxy) is 2. The molecule has 2 aromatic heterocycles. The first-order valence-corrected chi connectivity index (χ1v) is 13.6. The third-order valence-corrected chi connectivity index (χ3v) is 7.87. The quantitative estimate of drug-likeness (QED) is 0.514. The Morgan fingerprint density at radius 2 is 2.18 bits per heavy atom. The zero-order valence-electron chi connectivity index (χ0n) is 22.5. The van der Waals surface area contributed by atoms with E-state index in [0.29, 0.717) is 54.9 Å². The highest BCUT2D eigenvalue weighted by molar-refractivity contribution is 6.01. The van der Waals surface area contributed by atoms with Gasteiger partial charge >= 0.3 is 6.03 Å². The molecule has 5 rings (SSSR count). The molecule has 4 heterocycles. The van der Waals surface area contributed by atoms with E-state index < -0.39 is 0 Å². The number of aryl methyl sites for hydroxylation is 1. The van der Waals surface area contributed by atoms with Crippen LogP contribution in [0, 0.1) is 11.3 Å². The van der Waals surface area contributed by atoms with Crippen LogP contribution in [0.1, 0.15) is 59.8 Å². The predicted octanol–water partition coefficient (Wildman–Crippen LogP) is 3.35. The summed E-state index contributed by atoms with van der Waals surface area (Å²) < 4.78 is 11.1. The maximum absolute atomic E-state index is 13.4. The first kappa shape index (κ1) is 27.0. The number of fused-ring (bicyclic) bond motifs is 1. The lowest BCUT2D eigenvalue weighted by molar-refractivity contribution is -0.00448. The number of anilines is 3. The van der Waals surface area contributed by atoms with Gasteiger partial charge in [-0.05, 0) is 56.2 Å². The van der Waals surface area contributed by atoms with E-state index in [0.717, 1.165) is 56.1 Å². The van der Waals surface area contributed by atoms with E-state index in [1.807, 2.05) is 6.07 Å². The molecule has 2 amide bonds. The average Bonchev–Trinajstić information content (AvgIpc) is 3.40. The maximum atomic E-state index is 13.4. The molecule has 3 aliphatic rings. The molecule has 3 atom stereocenters. The highest BCUT2D eigenvalue weighted by atomic mass is 16.5. The number of pyridine rings is 2. The molecule has 0 bridgehead atoms. The van der Waals surface area contributed by atoms with Gasteiger partial charge in [-0.15, -0.1) is 0 Å². The fourth-order valence-electron chi connectivity index (χ4n) is 5.68. The molecular weight excluding hydrogens is 498 g/mol. The van der Waals surface area contributed by atoms with Gasteiger partial charge in [0.25, 0.3) is 0 Å². The second-order valence-corrected chi connectivity index (χ2v) is 10.4. The number of carbonyl (C=O) groups is 2. The van der Waals surface area contributed by atoms with E-state index in [-0.39, 0.29) is 24.2 Å². The van der Waals surface area contributed by atoms with Gasteiger partial charge in [0.1, 0.15) is 23.4 Å². The minimum atomic E-state index is -0.381. The van der Waals surface area contributed by atoms with Crippen LogP contribution in [-0.4, -0.2) is 78.8 Å². The molecule has 1 saturated heterocycles. The second kappa shape index (κ2) is 12.1. The topological polar surface area (TPSA) is 133 Å². The molecule has 39 heavy (non-hydrogen) atoms. The van der Waals surface area contributed by atoms with Crippen LogP contribution in [-0.2, 0) is 22.4 Å². The van der Waals surface area contributed by atoms with E-state index in [1.54, 1.807) is 18.1 Å². The van der Waals surface area contributed by atoms with Crippen LogP contribution in [0.2, 0.25) is 0 Å². The van der Waals surface area contributed by atoms with E-state index >= 15 is 0 Å². The van der Waals surface area contributed by atoms with Crippen LogP contribution >= 0.6 is 0 Å². The summed E-state index contributed by atoms with van der Waals surface area (Å²) in [6.45, 7) is 5.33. The number of aldehydes is 1. The normalized spacial score (nSPS) is 23.1. The van der Waals surface area contributed by atoms with Gasteiger partial charge in [-0.25, -0.2) is 14.8 Å². The molecule has 2 fully saturated rings. The summed E-state index contributed by atoms with van der Waals surface area (Å²) in [5.41, 5.74) is 3.17. The average molecular weight is 534 g/mol. The Bertz CT molecular complexity index is 1260. The highest BCUT2D eigenvalue weighted by Gasteiger charge is 2.29. The molecule has 1 aliphatic carbocycles. The fraction of sp³-hybridized carbons (Fsp3) is 0.536. The van der Waals surface area contributed by atoms with Gasteiger partial charge < -0.3 is 14.8 Å². The molecule has 1 saturated carbocycles. The Morgan fingerprint density at radius 3 is 2.95 bits per heavy atom. The number of nitrogens with one attached hydrogen (secondary N) is 2. The fourth-order valence-corrected chi connectivity index (χ4v) is 5.68. The third kappa shape index (κ3) is 5.88. The van der Waals surface area contributed by atoms with Gasteiger partial charge in [0.15, 0.2) is 6.29 Å². The molecule has 2 aromatic rings. The number of hydrogen-bond donors (Lipinski definition) is 2. The first-order chi connectivity index (χ1) is 19.0. The van der Waals surface area contributed by atoms with Crippen molar-refractivity contribution >= 4 is 29.6 Å². The molecule has 0 radical (unpaired) electrons. The molecular formula is C28H35N7O4. The molecule has 11 nitrogen and oxygen atoms in total. The van der Waals surface area contributed by atoms with Crippen molar-refractivity contribution in [3.05, 3.63) is 40.7 Å². The largest absolute Gasteiger partial charge is 0.379 e. The SMILES string of the molecule is CO[C@@H]1CCC[C@@H]1Nc1cc(NC(=O)N2CCCc3cc(CN4CCOCC4C)c(C=O)nc32)ncc1C#N. The zero-order chi connectivity index (χ0) is 27.4. The Morgan fingerprint density at radius 1 is 1.31 bits per heavy atom. The van der Waals surface area contributed by atoms with Crippen molar-refractivity contribution in [2.24, 2.45) is 0 Å². The van der Waals surface area contributed by atoms with Gasteiger partial charge in [-0.3, -0.25) is 19.9 Å². The molecule has 0 spiro atoms. The lowest BCUT2D eigenvalue weighted by Gasteiger charge is -2.34. The lowest BCUT2D eigenvalue weighted by atomic mass is 10.0. The molecule has 2 aliphatic heterocycles. The Labute approximate surface area is 228 Å². The number of rotatable bonds is 7. The Hall–Kier alpha value is -3.59. The second-order valence-electron chi connectivity index (χ2n) is 10.4. The van der Waals surface area contributed by atoms with Gasteiger partial charge in [0, 0.05) is 45.0 Å². The van der Waals surface area contributed by atoms with E-state index in [2.05, 4.69) is 38.5 Å². The molecule has 1 unspecified atom stereocenters. The van der Waals surface area contributed by atoms with Gasteiger partial charge in [-0.1, -0.05) is 0 Å². The standard InChI is InChI=1S/C28H35N7O4/c1-18-17-39-10-9-34(18)15-20-11-19-5-4-8-35(27(19)32-24(20)16-36)28(37)33-26-12-23(21(13-29)14-30-26)31-22-6-3-7-25(22)38-2/h11-12,14,16,18,22,25H,3-10,15,17H2,1-2H3,(H2,30,31,33,37)/t18?,22-,25+/m0/s1. The van der Waals surface area contributed by atoms with Crippen LogP contribution in [0.15, 0.2) is 18.3 Å². The van der Waals surface area contributed by atoms with Crippen LogP contribution in [0.4, 0.5) is 22.1 Å². The van der Waals surface area contributed by atoms with Crippen molar-refractivity contribution in [1.29, 1.82) is 5.26 Å². The van der Waals surface area contributed by atoms with Crippen molar-refractivity contribution in [3.8, 4) is 6.07 Å². The van der Waals surface area contributed by atoms with E-state index in [9.17, 15) is 14.9 Å². The molecule has 0 aromatic carbocycles. The summed E-state index contributed by atoms with van der Waals surface area (Å²) in [7, 11) is 1.70. The van der Waals surface area contributed by atoms with Crippen molar-refractivity contribution in [2.45, 2.75) is 63.8 Å². The number of hydrogen-bond acceptors (Lipinski definition) is 9. The minimum absolute atomic E-state index is 0.0713. The van der Waals surface area contributed by atoms with Gasteiger partial charge in [0.05, 0.1) is 36.6 Å². The van der Waals surface area contributed by atoms with E-state index in [1.165, 1.54) is 6.20 Å². The summed E-state index contributed by atoms with van der Waals surface area (Å²) in [4.78, 5) is 38.2. The number of amides is 2. The number of urea groups is 1. The number of carbonyl (C=O) groups excluding carboxylic acids is 2. The highest BCUT2D eigenvalue weighted by Crippen LogP contribution is 2.30. The van der Waals surface area contributed by atoms with Crippen LogP contribution in [0.5, 0.6) is 0 Å². The summed E-state index contributed by atoms with van der Waals surface area (Å²) in [6, 6.07) is 5.83. The third-order valence-electron chi connectivity index (χ3n) is 7.87. The summed E-state index contributed by atoms with van der Waals surface area (Å²) in [6.07, 6.45) is 6.80. The predicted molar refractivity (Wildman–Crippen MR) is 146 cm³/mol. The smallest absolute Gasteiger partial charge is 0.328 e. The number of nitrogens with zero attached hydrogens (tertiary/aromatic N) is 5. The molecule has 11 heteroatoms. The van der Waals surface area contributed by atoms with Gasteiger partial charge in [0.2, 0.25) is 0 Å². The summed E-state index contributed by atoms with van der Waals surface area (Å²) in [5.74, 6) is 0.828. The Kier molecular flexibility index (Phi) is 8.35. The lowest BCUT2D eigenvalue weighted by Crippen LogP contribution is -2.43. The zero-order valence-corrected chi connectivity index (χ0v) is 22.5. The van der Waals surface area contributed by atoms with Crippen molar-refractivity contribution in [3.63, 3.8) is 0 Å². The van der Waals surface area contributed by atoms with Gasteiger partial charge in [-0.2, -0.15) is 5.26 Å². The van der Waals surface area contributed by atoms with Crippen molar-refractivity contribution < 1.29 is 19.1 Å². The first-order valence-electron chi connectivity index (χ1n) is 13.6. The van der Waals surface area contributed by atoms with Crippen LogP contribution < -0.4 is 15.5 Å². The Balaban J connectivity index is 1.34. The van der Waals surface area contributed by atoms with Crippen LogP contribution in [0.25, 0.3) is 0 Å². The van der Waals surface area contributed by atoms with Crippen molar-refractivity contribution in [1.82, 2.24) is 14.9 Å². The molecule has 2 N–H and O–H groups in total. The molecule has 206 valence electrons.